The molecule has 1 aromatic carbocycles. The third kappa shape index (κ3) is 2.62. The number of ether oxygens (including phenoxy) is 3. The zero-order chi connectivity index (χ0) is 20.2. The lowest BCUT2D eigenvalue weighted by atomic mass is 9.92. The molecule has 0 aliphatic carbocycles. The molecule has 148 valence electrons. The fourth-order valence-electron chi connectivity index (χ4n) is 3.95. The Morgan fingerprint density at radius 3 is 2.76 bits per heavy atom. The first-order valence-electron chi connectivity index (χ1n) is 8.92. The van der Waals surface area contributed by atoms with Gasteiger partial charge in [-0.3, -0.25) is 0 Å². The zero-order valence-electron chi connectivity index (χ0n) is 15.0. The molecular formula is C19H16ClN5O4. The number of anilines is 1. The van der Waals surface area contributed by atoms with E-state index >= 15 is 0 Å². The molecule has 2 aromatic heterocycles. The zero-order valence-corrected chi connectivity index (χ0v) is 15.7. The molecule has 2 saturated heterocycles. The third-order valence-electron chi connectivity index (χ3n) is 5.30. The summed E-state index contributed by atoms with van der Waals surface area (Å²) in [6.45, 7) is -0.332. The maximum absolute atomic E-state index is 10.2. The second-order valence-corrected chi connectivity index (χ2v) is 7.32. The van der Waals surface area contributed by atoms with Gasteiger partial charge in [0.25, 0.3) is 0 Å². The van der Waals surface area contributed by atoms with Crippen LogP contribution in [0.1, 0.15) is 17.5 Å². The summed E-state index contributed by atoms with van der Waals surface area (Å²) in [5, 5.41) is 24.8. The van der Waals surface area contributed by atoms with Gasteiger partial charge in [-0.05, 0) is 24.3 Å². The number of hydrogen-bond donors (Lipinski definition) is 2. The summed E-state index contributed by atoms with van der Waals surface area (Å²) in [5.41, 5.74) is 6.09. The molecule has 29 heavy (non-hydrogen) atoms. The molecule has 10 heteroatoms. The van der Waals surface area contributed by atoms with E-state index in [2.05, 4.69) is 16.2 Å². The minimum absolute atomic E-state index is 0.273. The van der Waals surface area contributed by atoms with Crippen molar-refractivity contribution in [1.82, 2.24) is 14.6 Å². The van der Waals surface area contributed by atoms with E-state index in [4.69, 9.17) is 31.5 Å². The van der Waals surface area contributed by atoms with Gasteiger partial charge in [-0.15, -0.1) is 0 Å². The van der Waals surface area contributed by atoms with Gasteiger partial charge in [0.2, 0.25) is 5.60 Å². The highest BCUT2D eigenvalue weighted by Crippen LogP contribution is 2.49. The Kier molecular flexibility index (Phi) is 4.20. The number of aliphatic hydroxyl groups is 1. The molecule has 3 N–H and O–H groups in total. The highest BCUT2D eigenvalue weighted by Gasteiger charge is 2.63. The third-order valence-corrected chi connectivity index (χ3v) is 5.56. The molecule has 2 aliphatic rings. The predicted molar refractivity (Wildman–Crippen MR) is 101 cm³/mol. The normalized spacial score (nSPS) is 31.1. The average molecular weight is 414 g/mol. The van der Waals surface area contributed by atoms with E-state index in [0.29, 0.717) is 16.2 Å². The predicted octanol–water partition coefficient (Wildman–Crippen LogP) is 1.56. The number of nitrogens with two attached hydrogens (primary N) is 1. The van der Waals surface area contributed by atoms with Crippen molar-refractivity contribution in [3.63, 3.8) is 0 Å². The lowest BCUT2D eigenvalue weighted by molar-refractivity contribution is -0.160. The van der Waals surface area contributed by atoms with Crippen LogP contribution in [-0.4, -0.2) is 44.6 Å². The number of aromatic nitrogens is 3. The number of nitriles is 1. The Morgan fingerprint density at radius 2 is 2.03 bits per heavy atom. The number of nitrogen functional groups attached to an aromatic ring is 1. The van der Waals surface area contributed by atoms with Crippen LogP contribution in [0.5, 0.6) is 0 Å². The van der Waals surface area contributed by atoms with Gasteiger partial charge < -0.3 is 25.1 Å². The van der Waals surface area contributed by atoms with Crippen molar-refractivity contribution in [3.8, 4) is 6.07 Å². The quantitative estimate of drug-likeness (QED) is 0.662. The summed E-state index contributed by atoms with van der Waals surface area (Å²) in [6, 6.07) is 12.7. The largest absolute Gasteiger partial charge is 0.394 e. The molecule has 2 aliphatic heterocycles. The van der Waals surface area contributed by atoms with Crippen LogP contribution in [0.2, 0.25) is 5.02 Å². The van der Waals surface area contributed by atoms with Crippen molar-refractivity contribution in [2.45, 2.75) is 30.2 Å². The maximum Gasteiger partial charge on any atom is 0.226 e. The van der Waals surface area contributed by atoms with E-state index in [9.17, 15) is 10.4 Å². The number of halogens is 1. The number of rotatable bonds is 3. The van der Waals surface area contributed by atoms with Crippen LogP contribution < -0.4 is 5.73 Å². The maximum atomic E-state index is 10.2. The van der Waals surface area contributed by atoms with E-state index < -0.39 is 30.2 Å². The smallest absolute Gasteiger partial charge is 0.226 e. The molecule has 1 unspecified atom stereocenters. The van der Waals surface area contributed by atoms with Crippen molar-refractivity contribution < 1.29 is 19.3 Å². The van der Waals surface area contributed by atoms with Crippen LogP contribution in [0.4, 0.5) is 5.82 Å². The summed E-state index contributed by atoms with van der Waals surface area (Å²) >= 11 is 5.96. The van der Waals surface area contributed by atoms with E-state index in [1.165, 1.54) is 10.8 Å². The van der Waals surface area contributed by atoms with E-state index in [-0.39, 0.29) is 12.4 Å². The fraction of sp³-hybridized carbons (Fsp3) is 0.316. The Hall–Kier alpha value is -2.74. The van der Waals surface area contributed by atoms with Crippen molar-refractivity contribution in [2.24, 2.45) is 0 Å². The number of fused-ring (bicyclic) bond motifs is 2. The van der Waals surface area contributed by atoms with Crippen LogP contribution >= 0.6 is 11.6 Å². The van der Waals surface area contributed by atoms with Gasteiger partial charge in [0, 0.05) is 10.6 Å². The summed E-state index contributed by atoms with van der Waals surface area (Å²) in [4.78, 5) is 3.97. The molecule has 5 atom stereocenters. The van der Waals surface area contributed by atoms with Crippen molar-refractivity contribution in [3.05, 3.63) is 59.0 Å². The summed E-state index contributed by atoms with van der Waals surface area (Å²) in [6.07, 6.45) is -1.61. The number of nitrogens with zero attached hydrogens (tertiary/aromatic N) is 4. The molecule has 4 heterocycles. The average Bonchev–Trinajstić information content (AvgIpc) is 3.42. The van der Waals surface area contributed by atoms with Crippen LogP contribution in [0.15, 0.2) is 42.7 Å². The second-order valence-electron chi connectivity index (χ2n) is 6.89. The molecule has 0 bridgehead atoms. The van der Waals surface area contributed by atoms with Gasteiger partial charge in [0.15, 0.2) is 12.1 Å². The molecule has 2 fully saturated rings. The van der Waals surface area contributed by atoms with E-state index in [1.54, 1.807) is 36.4 Å². The summed E-state index contributed by atoms with van der Waals surface area (Å²) in [5.74, 6) is 0.273. The monoisotopic (exact) mass is 413 g/mol. The summed E-state index contributed by atoms with van der Waals surface area (Å²) < 4.78 is 19.7. The number of aliphatic hydroxyl groups excluding tert-OH is 1. The standard InChI is InChI=1S/C19H16ClN5O4/c20-11-3-1-10(2-4-11)18-27-15-13(7-26)29-19(8-21,16(15)28-18)14-6-5-12-17(22)23-9-24-25(12)14/h1-6,9,13,15-16,18,26H,7H2,(H2,22,23,24)/t13-,15-,16-,18?,19+/m1/s1. The molecular weight excluding hydrogens is 398 g/mol. The molecule has 3 aromatic rings. The first-order valence-corrected chi connectivity index (χ1v) is 9.30. The molecule has 0 saturated carbocycles. The van der Waals surface area contributed by atoms with Crippen LogP contribution in [0, 0.1) is 11.3 Å². The van der Waals surface area contributed by atoms with Crippen LogP contribution in [-0.2, 0) is 19.8 Å². The minimum Gasteiger partial charge on any atom is -0.394 e. The van der Waals surface area contributed by atoms with Crippen molar-refractivity contribution in [2.75, 3.05) is 12.3 Å². The lowest BCUT2D eigenvalue weighted by Crippen LogP contribution is -2.39. The fourth-order valence-corrected chi connectivity index (χ4v) is 4.07. The Labute approximate surface area is 170 Å². The molecule has 0 amide bonds. The van der Waals surface area contributed by atoms with Crippen molar-refractivity contribution >= 4 is 22.9 Å². The molecule has 0 radical (unpaired) electrons. The minimum atomic E-state index is -1.55. The highest BCUT2D eigenvalue weighted by molar-refractivity contribution is 6.30. The summed E-state index contributed by atoms with van der Waals surface area (Å²) in [7, 11) is 0. The molecule has 5 rings (SSSR count). The first kappa shape index (κ1) is 18.3. The lowest BCUT2D eigenvalue weighted by Gasteiger charge is -2.26. The SMILES string of the molecule is N#C[C@@]1(c2ccc3c(N)ncnn23)O[C@H](CO)[C@H]2OC(c3ccc(Cl)cc3)O[C@H]21. The Bertz CT molecular complexity index is 1110. The van der Waals surface area contributed by atoms with Gasteiger partial charge in [0.1, 0.15) is 36.2 Å². The van der Waals surface area contributed by atoms with Gasteiger partial charge >= 0.3 is 0 Å². The van der Waals surface area contributed by atoms with E-state index in [1.807, 2.05) is 0 Å². The first-order chi connectivity index (χ1) is 14.1. The number of hydrogen-bond acceptors (Lipinski definition) is 8. The topological polar surface area (TPSA) is 128 Å². The molecule has 0 spiro atoms. The van der Waals surface area contributed by atoms with Gasteiger partial charge in [-0.25, -0.2) is 9.50 Å². The van der Waals surface area contributed by atoms with Crippen molar-refractivity contribution in [1.29, 1.82) is 5.26 Å². The van der Waals surface area contributed by atoms with Crippen LogP contribution in [0.25, 0.3) is 5.52 Å². The Balaban J connectivity index is 1.59. The Morgan fingerprint density at radius 1 is 1.24 bits per heavy atom. The number of benzene rings is 1. The highest BCUT2D eigenvalue weighted by atomic mass is 35.5. The van der Waals surface area contributed by atoms with Gasteiger partial charge in [0.05, 0.1) is 12.3 Å². The van der Waals surface area contributed by atoms with Gasteiger partial charge in [-0.1, -0.05) is 23.7 Å². The van der Waals surface area contributed by atoms with Gasteiger partial charge in [-0.2, -0.15) is 10.4 Å². The second kappa shape index (κ2) is 6.66. The van der Waals surface area contributed by atoms with E-state index in [0.717, 1.165) is 5.56 Å². The molecule has 9 nitrogen and oxygen atoms in total. The van der Waals surface area contributed by atoms with Crippen LogP contribution in [0.3, 0.4) is 0 Å².